The standard InChI is InChI=1S/C23H30IN3O4S/c1-5-17(2)25-23(29)18(3)26(15-19-9-7-6-8-10-19)22(28)16-27(32(4,30)31)21-13-11-20(24)12-14-21/h6-14,17-18H,5,15-16H2,1-4H3,(H,25,29). The predicted molar refractivity (Wildman–Crippen MR) is 136 cm³/mol. The number of halogens is 1. The molecule has 1 N–H and O–H groups in total. The second kappa shape index (κ2) is 11.6. The number of anilines is 1. The van der Waals surface area contributed by atoms with Crippen molar-refractivity contribution in [1.29, 1.82) is 0 Å². The van der Waals surface area contributed by atoms with Crippen molar-refractivity contribution in [2.75, 3.05) is 17.1 Å². The normalized spacial score (nSPS) is 13.2. The first-order valence-corrected chi connectivity index (χ1v) is 13.3. The van der Waals surface area contributed by atoms with Gasteiger partial charge in [0.2, 0.25) is 21.8 Å². The summed E-state index contributed by atoms with van der Waals surface area (Å²) in [5.41, 5.74) is 1.25. The Hall–Kier alpha value is -2.14. The van der Waals surface area contributed by atoms with Crippen molar-refractivity contribution in [3.63, 3.8) is 0 Å². The molecule has 0 aliphatic carbocycles. The van der Waals surface area contributed by atoms with Gasteiger partial charge in [0, 0.05) is 16.2 Å². The Morgan fingerprint density at radius 3 is 2.16 bits per heavy atom. The predicted octanol–water partition coefficient (Wildman–Crippen LogP) is 3.39. The molecule has 0 aliphatic rings. The van der Waals surface area contributed by atoms with E-state index in [2.05, 4.69) is 27.9 Å². The molecule has 2 aromatic rings. The number of carbonyl (C=O) groups excluding carboxylic acids is 2. The van der Waals surface area contributed by atoms with Crippen LogP contribution in [0, 0.1) is 3.57 Å². The maximum absolute atomic E-state index is 13.4. The Morgan fingerprint density at radius 2 is 1.62 bits per heavy atom. The Bertz CT molecular complexity index is 1010. The molecular weight excluding hydrogens is 541 g/mol. The van der Waals surface area contributed by atoms with Gasteiger partial charge in [0.1, 0.15) is 12.6 Å². The molecule has 2 unspecified atom stereocenters. The van der Waals surface area contributed by atoms with Crippen molar-refractivity contribution < 1.29 is 18.0 Å². The molecule has 0 fully saturated rings. The quantitative estimate of drug-likeness (QED) is 0.443. The first kappa shape index (κ1) is 26.1. The zero-order valence-electron chi connectivity index (χ0n) is 18.8. The second-order valence-electron chi connectivity index (χ2n) is 7.75. The maximum Gasteiger partial charge on any atom is 0.244 e. The van der Waals surface area contributed by atoms with Crippen LogP contribution in [0.3, 0.4) is 0 Å². The van der Waals surface area contributed by atoms with E-state index in [4.69, 9.17) is 0 Å². The molecule has 2 aromatic carbocycles. The summed E-state index contributed by atoms with van der Waals surface area (Å²) in [5, 5.41) is 2.91. The summed E-state index contributed by atoms with van der Waals surface area (Å²) >= 11 is 2.13. The molecule has 9 heteroatoms. The second-order valence-corrected chi connectivity index (χ2v) is 10.9. The van der Waals surface area contributed by atoms with Crippen LogP contribution in [0.15, 0.2) is 54.6 Å². The minimum atomic E-state index is -3.72. The van der Waals surface area contributed by atoms with Gasteiger partial charge in [0.25, 0.3) is 0 Å². The Kier molecular flexibility index (Phi) is 9.50. The van der Waals surface area contributed by atoms with Crippen LogP contribution in [-0.2, 0) is 26.2 Å². The van der Waals surface area contributed by atoms with Gasteiger partial charge >= 0.3 is 0 Å². The van der Waals surface area contributed by atoms with Gasteiger partial charge in [-0.05, 0) is 72.7 Å². The molecule has 0 heterocycles. The fourth-order valence-electron chi connectivity index (χ4n) is 3.05. The number of nitrogens with one attached hydrogen (secondary N) is 1. The number of hydrogen-bond acceptors (Lipinski definition) is 4. The van der Waals surface area contributed by atoms with Gasteiger partial charge in [-0.3, -0.25) is 13.9 Å². The van der Waals surface area contributed by atoms with Crippen molar-refractivity contribution in [3.05, 3.63) is 63.7 Å². The van der Waals surface area contributed by atoms with Crippen LogP contribution in [0.4, 0.5) is 5.69 Å². The van der Waals surface area contributed by atoms with E-state index in [1.54, 1.807) is 31.2 Å². The van der Waals surface area contributed by atoms with Crippen molar-refractivity contribution in [1.82, 2.24) is 10.2 Å². The summed E-state index contributed by atoms with van der Waals surface area (Å²) in [6.07, 6.45) is 1.83. The highest BCUT2D eigenvalue weighted by atomic mass is 127. The van der Waals surface area contributed by atoms with Gasteiger partial charge in [-0.25, -0.2) is 8.42 Å². The van der Waals surface area contributed by atoms with Gasteiger partial charge in [0.15, 0.2) is 0 Å². The van der Waals surface area contributed by atoms with E-state index in [1.165, 1.54) is 4.90 Å². The average molecular weight is 571 g/mol. The third-order valence-electron chi connectivity index (χ3n) is 5.16. The van der Waals surface area contributed by atoms with Crippen molar-refractivity contribution in [2.24, 2.45) is 0 Å². The summed E-state index contributed by atoms with van der Waals surface area (Å²) in [6.45, 7) is 5.32. The molecule has 7 nitrogen and oxygen atoms in total. The molecule has 0 spiro atoms. The minimum Gasteiger partial charge on any atom is -0.352 e. The number of sulfonamides is 1. The Balaban J connectivity index is 2.34. The van der Waals surface area contributed by atoms with Crippen LogP contribution in [0.2, 0.25) is 0 Å². The lowest BCUT2D eigenvalue weighted by Gasteiger charge is -2.32. The number of rotatable bonds is 10. The Morgan fingerprint density at radius 1 is 1.03 bits per heavy atom. The van der Waals surface area contributed by atoms with E-state index >= 15 is 0 Å². The fraction of sp³-hybridized carbons (Fsp3) is 0.391. The number of hydrogen-bond donors (Lipinski definition) is 1. The van der Waals surface area contributed by atoms with Crippen molar-refractivity contribution in [3.8, 4) is 0 Å². The maximum atomic E-state index is 13.4. The third-order valence-corrected chi connectivity index (χ3v) is 7.02. The molecule has 0 saturated carbocycles. The van der Waals surface area contributed by atoms with Gasteiger partial charge < -0.3 is 10.2 Å². The van der Waals surface area contributed by atoms with Crippen LogP contribution >= 0.6 is 22.6 Å². The molecular formula is C23H30IN3O4S. The highest BCUT2D eigenvalue weighted by Gasteiger charge is 2.30. The van der Waals surface area contributed by atoms with Gasteiger partial charge in [-0.15, -0.1) is 0 Å². The fourth-order valence-corrected chi connectivity index (χ4v) is 4.26. The van der Waals surface area contributed by atoms with Crippen LogP contribution in [0.5, 0.6) is 0 Å². The lowest BCUT2D eigenvalue weighted by molar-refractivity contribution is -0.139. The third kappa shape index (κ3) is 7.47. The number of amides is 2. The van der Waals surface area contributed by atoms with E-state index in [0.717, 1.165) is 26.1 Å². The molecule has 0 bridgehead atoms. The summed E-state index contributed by atoms with van der Waals surface area (Å²) in [7, 11) is -3.72. The van der Waals surface area contributed by atoms with Crippen LogP contribution in [0.1, 0.15) is 32.8 Å². The minimum absolute atomic E-state index is 0.0297. The van der Waals surface area contributed by atoms with Crippen LogP contribution in [-0.4, -0.2) is 50.0 Å². The highest BCUT2D eigenvalue weighted by molar-refractivity contribution is 14.1. The first-order chi connectivity index (χ1) is 15.0. The summed E-state index contributed by atoms with van der Waals surface area (Å²) in [4.78, 5) is 27.6. The molecule has 0 radical (unpaired) electrons. The summed E-state index contributed by atoms with van der Waals surface area (Å²) in [6, 6.07) is 15.4. The van der Waals surface area contributed by atoms with E-state index in [9.17, 15) is 18.0 Å². The smallest absolute Gasteiger partial charge is 0.244 e. The van der Waals surface area contributed by atoms with Gasteiger partial charge in [0.05, 0.1) is 11.9 Å². The molecule has 2 atom stereocenters. The largest absolute Gasteiger partial charge is 0.352 e. The number of carbonyl (C=O) groups is 2. The van der Waals surface area contributed by atoms with Gasteiger partial charge in [-0.1, -0.05) is 37.3 Å². The zero-order chi connectivity index (χ0) is 23.9. The van der Waals surface area contributed by atoms with E-state index in [-0.39, 0.29) is 18.5 Å². The van der Waals surface area contributed by atoms with E-state index in [0.29, 0.717) is 5.69 Å². The highest BCUT2D eigenvalue weighted by Crippen LogP contribution is 2.20. The number of nitrogens with zero attached hydrogens (tertiary/aromatic N) is 2. The molecule has 174 valence electrons. The zero-order valence-corrected chi connectivity index (χ0v) is 21.8. The van der Waals surface area contributed by atoms with Crippen molar-refractivity contribution in [2.45, 2.75) is 45.8 Å². The molecule has 2 rings (SSSR count). The van der Waals surface area contributed by atoms with E-state index in [1.807, 2.05) is 44.2 Å². The molecule has 2 amide bonds. The van der Waals surface area contributed by atoms with Crippen molar-refractivity contribution >= 4 is 50.1 Å². The van der Waals surface area contributed by atoms with Crippen LogP contribution < -0.4 is 9.62 Å². The lowest BCUT2D eigenvalue weighted by Crippen LogP contribution is -2.52. The number of benzene rings is 2. The first-order valence-electron chi connectivity index (χ1n) is 10.4. The Labute approximate surface area is 204 Å². The monoisotopic (exact) mass is 571 g/mol. The summed E-state index contributed by atoms with van der Waals surface area (Å²) < 4.78 is 27.0. The summed E-state index contributed by atoms with van der Waals surface area (Å²) in [5.74, 6) is -0.728. The SMILES string of the molecule is CCC(C)NC(=O)C(C)N(Cc1ccccc1)C(=O)CN(c1ccc(I)cc1)S(C)(=O)=O. The average Bonchev–Trinajstić information content (AvgIpc) is 2.75. The molecule has 0 aromatic heterocycles. The van der Waals surface area contributed by atoms with Crippen LogP contribution in [0.25, 0.3) is 0 Å². The molecule has 0 aliphatic heterocycles. The van der Waals surface area contributed by atoms with Gasteiger partial charge in [-0.2, -0.15) is 0 Å². The molecule has 32 heavy (non-hydrogen) atoms. The topological polar surface area (TPSA) is 86.8 Å². The molecule has 0 saturated heterocycles. The van der Waals surface area contributed by atoms with E-state index < -0.39 is 28.5 Å². The lowest BCUT2D eigenvalue weighted by atomic mass is 10.1.